The average Bonchev–Trinajstić information content (AvgIpc) is 3.21. The van der Waals surface area contributed by atoms with E-state index in [1.165, 1.54) is 24.2 Å². The maximum absolute atomic E-state index is 6.11. The molecule has 24 heavy (non-hydrogen) atoms. The Balaban J connectivity index is 1.73. The Labute approximate surface area is 153 Å². The second kappa shape index (κ2) is 7.85. The molecule has 2 aromatic rings. The summed E-state index contributed by atoms with van der Waals surface area (Å²) in [5.41, 5.74) is 9.31. The third-order valence-corrected chi connectivity index (χ3v) is 5.09. The van der Waals surface area contributed by atoms with Gasteiger partial charge in [0.1, 0.15) is 5.82 Å². The zero-order valence-corrected chi connectivity index (χ0v) is 15.7. The van der Waals surface area contributed by atoms with Crippen molar-refractivity contribution < 1.29 is 9.47 Å². The Hall–Kier alpha value is -1.80. The van der Waals surface area contributed by atoms with Crippen LogP contribution in [0.15, 0.2) is 27.1 Å². The second-order valence-corrected chi connectivity index (χ2v) is 7.22. The number of rotatable bonds is 6. The van der Waals surface area contributed by atoms with Crippen LogP contribution in [-0.4, -0.2) is 24.4 Å². The Morgan fingerprint density at radius 3 is 2.88 bits per heavy atom. The molecule has 128 valence electrons. The molecule has 6 nitrogen and oxygen atoms in total. The van der Waals surface area contributed by atoms with E-state index in [0.29, 0.717) is 16.7 Å². The number of halogens is 1. The number of aromatic nitrogens is 1. The molecule has 1 aliphatic rings. The Kier molecular flexibility index (Phi) is 5.57. The first-order valence-corrected chi connectivity index (χ1v) is 9.37. The monoisotopic (exact) mass is 410 g/mol. The summed E-state index contributed by atoms with van der Waals surface area (Å²) in [5, 5.41) is 6.58. The van der Waals surface area contributed by atoms with Crippen molar-refractivity contribution in [1.82, 2.24) is 4.98 Å². The highest BCUT2D eigenvalue weighted by atomic mass is 79.9. The van der Waals surface area contributed by atoms with E-state index in [1.807, 2.05) is 12.1 Å². The fraction of sp³-hybridized carbons (Fsp3) is 0.375. The van der Waals surface area contributed by atoms with Crippen LogP contribution in [0.4, 0.5) is 10.9 Å². The predicted molar refractivity (Wildman–Crippen MR) is 101 cm³/mol. The second-order valence-electron chi connectivity index (χ2n) is 5.51. The molecule has 1 aromatic heterocycles. The van der Waals surface area contributed by atoms with Gasteiger partial charge in [0.15, 0.2) is 11.5 Å². The summed E-state index contributed by atoms with van der Waals surface area (Å²) < 4.78 is 12.4. The van der Waals surface area contributed by atoms with Gasteiger partial charge in [0.25, 0.3) is 0 Å². The van der Waals surface area contributed by atoms with Crippen molar-refractivity contribution in [3.63, 3.8) is 0 Å². The van der Waals surface area contributed by atoms with Gasteiger partial charge in [0.2, 0.25) is 5.13 Å². The summed E-state index contributed by atoms with van der Waals surface area (Å²) in [6.45, 7) is 0. The van der Waals surface area contributed by atoms with Gasteiger partial charge < -0.3 is 15.2 Å². The number of thiazole rings is 1. The number of nitrogens with one attached hydrogen (secondary N) is 1. The number of ether oxygens (including phenoxy) is 2. The van der Waals surface area contributed by atoms with E-state index in [-0.39, 0.29) is 6.10 Å². The molecule has 3 N–H and O–H groups in total. The van der Waals surface area contributed by atoms with E-state index in [1.54, 1.807) is 18.7 Å². The number of hydrogen-bond donors (Lipinski definition) is 2. The van der Waals surface area contributed by atoms with Crippen LogP contribution in [0, 0.1) is 0 Å². The molecule has 0 bridgehead atoms. The Morgan fingerprint density at radius 2 is 2.21 bits per heavy atom. The van der Waals surface area contributed by atoms with Crippen molar-refractivity contribution in [2.45, 2.75) is 31.8 Å². The van der Waals surface area contributed by atoms with Crippen LogP contribution in [0.2, 0.25) is 0 Å². The maximum Gasteiger partial charge on any atom is 0.205 e. The van der Waals surface area contributed by atoms with Gasteiger partial charge in [-0.2, -0.15) is 5.10 Å². The van der Waals surface area contributed by atoms with Crippen LogP contribution >= 0.6 is 27.3 Å². The number of benzene rings is 1. The summed E-state index contributed by atoms with van der Waals surface area (Å²) in [6, 6.07) is 3.85. The fourth-order valence-electron chi connectivity index (χ4n) is 2.60. The number of anilines is 2. The van der Waals surface area contributed by atoms with E-state index < -0.39 is 0 Å². The van der Waals surface area contributed by atoms with Crippen LogP contribution in [-0.2, 0) is 0 Å². The van der Waals surface area contributed by atoms with Gasteiger partial charge in [-0.3, -0.25) is 5.43 Å². The minimum Gasteiger partial charge on any atom is -0.493 e. The number of nitrogens with two attached hydrogens (primary N) is 1. The molecular formula is C16H19BrN4O2S. The van der Waals surface area contributed by atoms with Gasteiger partial charge in [0, 0.05) is 5.38 Å². The molecular weight excluding hydrogens is 392 g/mol. The molecule has 1 aliphatic carbocycles. The number of nitrogen functional groups attached to an aromatic ring is 1. The van der Waals surface area contributed by atoms with Crippen molar-refractivity contribution in [3.05, 3.63) is 27.5 Å². The standard InChI is InChI=1S/C16H19BrN4O2S/c1-22-13-7-10(8-19-21-16-20-14(18)9-24-16)6-12(17)15(13)23-11-4-2-3-5-11/h6-9,11H,2-5,18H2,1H3,(H,20,21). The average molecular weight is 411 g/mol. The summed E-state index contributed by atoms with van der Waals surface area (Å²) in [7, 11) is 1.64. The van der Waals surface area contributed by atoms with Gasteiger partial charge >= 0.3 is 0 Å². The quantitative estimate of drug-likeness (QED) is 0.548. The number of nitrogens with zero attached hydrogens (tertiary/aromatic N) is 2. The van der Waals surface area contributed by atoms with Crippen molar-refractivity contribution in [2.75, 3.05) is 18.3 Å². The van der Waals surface area contributed by atoms with E-state index >= 15 is 0 Å². The SMILES string of the molecule is COc1cc(C=NNc2nc(N)cs2)cc(Br)c1OC1CCCC1. The van der Waals surface area contributed by atoms with Gasteiger partial charge in [-0.25, -0.2) is 4.98 Å². The molecule has 0 radical (unpaired) electrons. The van der Waals surface area contributed by atoms with Gasteiger partial charge in [-0.05, 0) is 59.3 Å². The highest BCUT2D eigenvalue weighted by Crippen LogP contribution is 2.38. The van der Waals surface area contributed by atoms with Gasteiger partial charge in [0.05, 0.1) is 23.9 Å². The van der Waals surface area contributed by atoms with E-state index in [4.69, 9.17) is 15.2 Å². The zero-order valence-electron chi connectivity index (χ0n) is 13.3. The zero-order chi connectivity index (χ0) is 16.9. The van der Waals surface area contributed by atoms with Gasteiger partial charge in [-0.15, -0.1) is 11.3 Å². The molecule has 1 aromatic carbocycles. The first-order chi connectivity index (χ1) is 11.7. The van der Waals surface area contributed by atoms with Crippen molar-refractivity contribution in [2.24, 2.45) is 5.10 Å². The lowest BCUT2D eigenvalue weighted by atomic mass is 10.2. The minimum absolute atomic E-state index is 0.270. The molecule has 1 saturated carbocycles. The van der Waals surface area contributed by atoms with E-state index in [0.717, 1.165) is 28.6 Å². The predicted octanol–water partition coefficient (Wildman–Crippen LogP) is 4.26. The lowest BCUT2D eigenvalue weighted by Crippen LogP contribution is -2.12. The van der Waals surface area contributed by atoms with Gasteiger partial charge in [-0.1, -0.05) is 0 Å². The molecule has 0 aliphatic heterocycles. The van der Waals surface area contributed by atoms with Crippen molar-refractivity contribution >= 4 is 44.4 Å². The topological polar surface area (TPSA) is 81.8 Å². The third kappa shape index (κ3) is 4.18. The number of hydrogen-bond acceptors (Lipinski definition) is 7. The fourth-order valence-corrected chi connectivity index (χ4v) is 3.70. The smallest absolute Gasteiger partial charge is 0.205 e. The van der Waals surface area contributed by atoms with Crippen LogP contribution in [0.5, 0.6) is 11.5 Å². The normalized spacial score (nSPS) is 15.1. The first-order valence-electron chi connectivity index (χ1n) is 7.70. The largest absolute Gasteiger partial charge is 0.493 e. The molecule has 0 spiro atoms. The Morgan fingerprint density at radius 1 is 1.42 bits per heavy atom. The Bertz CT molecular complexity index is 729. The van der Waals surface area contributed by atoms with Crippen LogP contribution in [0.1, 0.15) is 31.2 Å². The van der Waals surface area contributed by atoms with Crippen molar-refractivity contribution in [3.8, 4) is 11.5 Å². The molecule has 1 heterocycles. The van der Waals surface area contributed by atoms with Crippen LogP contribution in [0.3, 0.4) is 0 Å². The van der Waals surface area contributed by atoms with Crippen LogP contribution < -0.4 is 20.6 Å². The lowest BCUT2D eigenvalue weighted by Gasteiger charge is -2.17. The van der Waals surface area contributed by atoms with E-state index in [2.05, 4.69) is 31.4 Å². The molecule has 0 amide bonds. The van der Waals surface area contributed by atoms with Crippen LogP contribution in [0.25, 0.3) is 0 Å². The minimum atomic E-state index is 0.270. The summed E-state index contributed by atoms with van der Waals surface area (Å²) >= 11 is 4.97. The molecule has 8 heteroatoms. The molecule has 0 saturated heterocycles. The first kappa shape index (κ1) is 17.0. The number of methoxy groups -OCH3 is 1. The highest BCUT2D eigenvalue weighted by molar-refractivity contribution is 9.10. The molecule has 3 rings (SSSR count). The molecule has 1 fully saturated rings. The highest BCUT2D eigenvalue weighted by Gasteiger charge is 2.20. The molecule has 0 unspecified atom stereocenters. The summed E-state index contributed by atoms with van der Waals surface area (Å²) in [6.07, 6.45) is 6.61. The number of hydrazone groups is 1. The summed E-state index contributed by atoms with van der Waals surface area (Å²) in [4.78, 5) is 4.08. The lowest BCUT2D eigenvalue weighted by molar-refractivity contribution is 0.199. The molecule has 0 atom stereocenters. The van der Waals surface area contributed by atoms with Crippen molar-refractivity contribution in [1.29, 1.82) is 0 Å². The van der Waals surface area contributed by atoms with E-state index in [9.17, 15) is 0 Å². The third-order valence-electron chi connectivity index (χ3n) is 3.73. The summed E-state index contributed by atoms with van der Waals surface area (Å²) in [5.74, 6) is 1.92. The maximum atomic E-state index is 6.11.